The minimum Gasteiger partial charge on any atom is -0.495 e. The monoisotopic (exact) mass is 384 g/mol. The molecule has 1 saturated heterocycles. The van der Waals surface area contributed by atoms with Gasteiger partial charge in [-0.2, -0.15) is 0 Å². The van der Waals surface area contributed by atoms with Gasteiger partial charge in [0.15, 0.2) is 0 Å². The van der Waals surface area contributed by atoms with Gasteiger partial charge in [-0.1, -0.05) is 12.1 Å². The van der Waals surface area contributed by atoms with Crippen molar-refractivity contribution in [3.63, 3.8) is 0 Å². The Morgan fingerprint density at radius 2 is 1.96 bits per heavy atom. The van der Waals surface area contributed by atoms with Gasteiger partial charge in [-0.3, -0.25) is 14.2 Å². The summed E-state index contributed by atoms with van der Waals surface area (Å²) in [5.74, 6) is 0.772. The van der Waals surface area contributed by atoms with Gasteiger partial charge in [0.1, 0.15) is 17.0 Å². The van der Waals surface area contributed by atoms with Gasteiger partial charge >= 0.3 is 0 Å². The van der Waals surface area contributed by atoms with Gasteiger partial charge in [-0.15, -0.1) is 11.3 Å². The van der Waals surface area contributed by atoms with Crippen molar-refractivity contribution in [1.29, 1.82) is 0 Å². The number of aromatic nitrogens is 2. The summed E-state index contributed by atoms with van der Waals surface area (Å²) in [4.78, 5) is 33.4. The number of piperazine rings is 1. The van der Waals surface area contributed by atoms with Gasteiger partial charge in [-0.25, -0.2) is 4.98 Å². The summed E-state index contributed by atoms with van der Waals surface area (Å²) >= 11 is 1.35. The summed E-state index contributed by atoms with van der Waals surface area (Å²) < 4.78 is 7.41. The molecule has 4 rings (SSSR count). The number of ether oxygens (including phenoxy) is 1. The fourth-order valence-electron chi connectivity index (χ4n) is 3.33. The van der Waals surface area contributed by atoms with E-state index in [2.05, 4.69) is 9.88 Å². The summed E-state index contributed by atoms with van der Waals surface area (Å²) in [6.07, 6.45) is 1.46. The van der Waals surface area contributed by atoms with Gasteiger partial charge < -0.3 is 14.5 Å². The summed E-state index contributed by atoms with van der Waals surface area (Å²) in [6, 6.07) is 9.70. The second kappa shape index (κ2) is 7.40. The van der Waals surface area contributed by atoms with E-state index in [0.29, 0.717) is 23.3 Å². The molecule has 1 aliphatic rings. The van der Waals surface area contributed by atoms with Gasteiger partial charge in [0.2, 0.25) is 5.91 Å². The van der Waals surface area contributed by atoms with Crippen LogP contribution in [0.15, 0.2) is 46.8 Å². The van der Waals surface area contributed by atoms with Crippen molar-refractivity contribution in [2.24, 2.45) is 0 Å². The van der Waals surface area contributed by atoms with E-state index < -0.39 is 0 Å². The Hall–Kier alpha value is -2.87. The van der Waals surface area contributed by atoms with Crippen LogP contribution in [0.1, 0.15) is 0 Å². The maximum Gasteiger partial charge on any atom is 0.271 e. The number of methoxy groups -OCH3 is 1. The molecule has 0 atom stereocenters. The molecule has 0 N–H and O–H groups in total. The number of hydrogen-bond donors (Lipinski definition) is 0. The number of benzene rings is 1. The van der Waals surface area contributed by atoms with E-state index in [9.17, 15) is 9.59 Å². The van der Waals surface area contributed by atoms with E-state index in [1.165, 1.54) is 22.2 Å². The minimum absolute atomic E-state index is 0.0222. The topological polar surface area (TPSA) is 67.7 Å². The summed E-state index contributed by atoms with van der Waals surface area (Å²) in [7, 11) is 1.66. The first kappa shape index (κ1) is 17.5. The van der Waals surface area contributed by atoms with Crippen LogP contribution in [0.5, 0.6) is 5.75 Å². The molecule has 0 unspecified atom stereocenters. The molecule has 0 saturated carbocycles. The lowest BCUT2D eigenvalue weighted by Gasteiger charge is -2.36. The van der Waals surface area contributed by atoms with E-state index in [1.54, 1.807) is 12.0 Å². The number of thiophene rings is 1. The lowest BCUT2D eigenvalue weighted by molar-refractivity contribution is -0.132. The highest BCUT2D eigenvalue weighted by atomic mass is 32.1. The second-order valence-corrected chi connectivity index (χ2v) is 7.27. The van der Waals surface area contributed by atoms with Crippen LogP contribution in [-0.4, -0.2) is 53.6 Å². The van der Waals surface area contributed by atoms with Gasteiger partial charge in [0.05, 0.1) is 24.6 Å². The van der Waals surface area contributed by atoms with Gasteiger partial charge in [0.25, 0.3) is 5.56 Å². The quantitative estimate of drug-likeness (QED) is 0.686. The largest absolute Gasteiger partial charge is 0.495 e. The number of hydrogen-bond acceptors (Lipinski definition) is 6. The van der Waals surface area contributed by atoms with Crippen molar-refractivity contribution in [2.75, 3.05) is 38.2 Å². The van der Waals surface area contributed by atoms with E-state index in [-0.39, 0.29) is 18.0 Å². The fourth-order valence-corrected chi connectivity index (χ4v) is 4.12. The molecular weight excluding hydrogens is 364 g/mol. The third kappa shape index (κ3) is 3.40. The normalized spacial score (nSPS) is 14.6. The highest BCUT2D eigenvalue weighted by Crippen LogP contribution is 2.28. The molecule has 1 aliphatic heterocycles. The third-order valence-electron chi connectivity index (χ3n) is 4.80. The number of para-hydroxylation sites is 2. The number of nitrogens with zero attached hydrogens (tertiary/aromatic N) is 4. The molecule has 1 aromatic carbocycles. The van der Waals surface area contributed by atoms with Crippen molar-refractivity contribution in [3.05, 3.63) is 52.4 Å². The first-order valence-electron chi connectivity index (χ1n) is 8.76. The third-order valence-corrected chi connectivity index (χ3v) is 5.69. The Morgan fingerprint density at radius 3 is 2.74 bits per heavy atom. The zero-order valence-corrected chi connectivity index (χ0v) is 15.8. The smallest absolute Gasteiger partial charge is 0.271 e. The van der Waals surface area contributed by atoms with Crippen molar-refractivity contribution in [3.8, 4) is 5.75 Å². The minimum atomic E-state index is -0.156. The first-order valence-corrected chi connectivity index (χ1v) is 9.63. The molecule has 140 valence electrons. The predicted octanol–water partition coefficient (Wildman–Crippen LogP) is 1.82. The number of fused-ring (bicyclic) bond motifs is 1. The summed E-state index contributed by atoms with van der Waals surface area (Å²) in [5.41, 5.74) is 1.56. The molecule has 3 heterocycles. The average Bonchev–Trinajstić information content (AvgIpc) is 3.20. The Morgan fingerprint density at radius 1 is 1.19 bits per heavy atom. The second-order valence-electron chi connectivity index (χ2n) is 6.35. The van der Waals surface area contributed by atoms with Crippen molar-refractivity contribution in [2.45, 2.75) is 6.54 Å². The maximum atomic E-state index is 12.7. The lowest BCUT2D eigenvalue weighted by Crippen LogP contribution is -2.50. The van der Waals surface area contributed by atoms with E-state index >= 15 is 0 Å². The van der Waals surface area contributed by atoms with E-state index in [1.807, 2.05) is 35.7 Å². The van der Waals surface area contributed by atoms with Crippen LogP contribution in [0, 0.1) is 0 Å². The molecule has 0 aliphatic carbocycles. The van der Waals surface area contributed by atoms with Crippen LogP contribution in [0.25, 0.3) is 10.2 Å². The molecule has 1 amide bonds. The van der Waals surface area contributed by atoms with Crippen LogP contribution in [-0.2, 0) is 11.3 Å². The van der Waals surface area contributed by atoms with Crippen molar-refractivity contribution < 1.29 is 9.53 Å². The molecule has 2 aromatic heterocycles. The molecule has 7 nitrogen and oxygen atoms in total. The molecule has 8 heteroatoms. The van der Waals surface area contributed by atoms with Crippen LogP contribution in [0.4, 0.5) is 5.69 Å². The number of amides is 1. The standard InChI is InChI=1S/C19H20N4O3S/c1-26-16-5-3-2-4-15(16)21-7-9-22(10-8-21)17(24)12-23-13-20-14-6-11-27-18(14)19(23)25/h2-6,11,13H,7-10,12H2,1H3. The van der Waals surface area contributed by atoms with Gasteiger partial charge in [0, 0.05) is 26.2 Å². The number of carbonyl (C=O) groups excluding carboxylic acids is 1. The van der Waals surface area contributed by atoms with Crippen LogP contribution in [0.2, 0.25) is 0 Å². The zero-order valence-electron chi connectivity index (χ0n) is 15.0. The lowest BCUT2D eigenvalue weighted by atomic mass is 10.2. The highest BCUT2D eigenvalue weighted by molar-refractivity contribution is 7.17. The van der Waals surface area contributed by atoms with Gasteiger partial charge in [-0.05, 0) is 23.6 Å². The predicted molar refractivity (Wildman–Crippen MR) is 106 cm³/mol. The Kier molecular flexibility index (Phi) is 4.81. The molecule has 0 bridgehead atoms. The first-order chi connectivity index (χ1) is 13.2. The summed E-state index contributed by atoms with van der Waals surface area (Å²) in [5, 5.41) is 1.84. The number of anilines is 1. The summed E-state index contributed by atoms with van der Waals surface area (Å²) in [6.45, 7) is 2.70. The molecule has 0 spiro atoms. The van der Waals surface area contributed by atoms with Crippen molar-refractivity contribution in [1.82, 2.24) is 14.5 Å². The van der Waals surface area contributed by atoms with Crippen LogP contribution in [0.3, 0.4) is 0 Å². The zero-order chi connectivity index (χ0) is 18.8. The molecule has 27 heavy (non-hydrogen) atoms. The van der Waals surface area contributed by atoms with Crippen LogP contribution < -0.4 is 15.2 Å². The highest BCUT2D eigenvalue weighted by Gasteiger charge is 2.23. The average molecular weight is 384 g/mol. The van der Waals surface area contributed by atoms with E-state index in [0.717, 1.165) is 24.5 Å². The molecular formula is C19H20N4O3S. The fraction of sp³-hybridized carbons (Fsp3) is 0.316. The number of rotatable bonds is 4. The SMILES string of the molecule is COc1ccccc1N1CCN(C(=O)Cn2cnc3ccsc3c2=O)CC1. The molecule has 1 fully saturated rings. The Balaban J connectivity index is 1.42. The van der Waals surface area contributed by atoms with E-state index in [4.69, 9.17) is 4.74 Å². The van der Waals surface area contributed by atoms with Crippen LogP contribution >= 0.6 is 11.3 Å². The molecule has 3 aromatic rings. The Bertz CT molecular complexity index is 1020. The molecule has 0 radical (unpaired) electrons. The number of carbonyl (C=O) groups is 1. The Labute approximate surface area is 160 Å². The van der Waals surface area contributed by atoms with Crippen molar-refractivity contribution >= 4 is 33.1 Å². The maximum absolute atomic E-state index is 12.7.